The van der Waals surface area contributed by atoms with E-state index in [1.165, 1.54) is 0 Å². The first-order valence-electron chi connectivity index (χ1n) is 6.24. The maximum Gasteiger partial charge on any atom is 0.508 e. The third kappa shape index (κ3) is 15.1. The highest BCUT2D eigenvalue weighted by molar-refractivity contribution is 5.59. The highest BCUT2D eigenvalue weighted by Crippen LogP contribution is 1.90. The van der Waals surface area contributed by atoms with Crippen LogP contribution in [0.1, 0.15) is 6.42 Å². The fourth-order valence-electron chi connectivity index (χ4n) is 1.03. The SMILES string of the molecule is COCCOCCCOC(=O)OCCOCCOC. The average Bonchev–Trinajstić information content (AvgIpc) is 2.41. The van der Waals surface area contributed by atoms with Crippen LogP contribution in [0.15, 0.2) is 0 Å². The van der Waals surface area contributed by atoms with Gasteiger partial charge in [0.05, 0.1) is 39.6 Å². The van der Waals surface area contributed by atoms with E-state index < -0.39 is 6.16 Å². The molecule has 0 N–H and O–H groups in total. The minimum absolute atomic E-state index is 0.173. The van der Waals surface area contributed by atoms with Gasteiger partial charge in [0.25, 0.3) is 0 Å². The second-order valence-corrected chi connectivity index (χ2v) is 3.51. The van der Waals surface area contributed by atoms with Crippen LogP contribution in [0.2, 0.25) is 0 Å². The van der Waals surface area contributed by atoms with Crippen molar-refractivity contribution >= 4 is 6.16 Å². The highest BCUT2D eigenvalue weighted by atomic mass is 16.7. The predicted molar refractivity (Wildman–Crippen MR) is 67.3 cm³/mol. The van der Waals surface area contributed by atoms with Gasteiger partial charge in [0.15, 0.2) is 0 Å². The Morgan fingerprint density at radius 1 is 0.684 bits per heavy atom. The summed E-state index contributed by atoms with van der Waals surface area (Å²) in [5, 5.41) is 0. The van der Waals surface area contributed by atoms with E-state index in [1.807, 2.05) is 0 Å². The predicted octanol–water partition coefficient (Wildman–Crippen LogP) is 0.856. The van der Waals surface area contributed by atoms with Gasteiger partial charge in [0.1, 0.15) is 6.61 Å². The summed E-state index contributed by atoms with van der Waals surface area (Å²) in [4.78, 5) is 11.1. The zero-order valence-electron chi connectivity index (χ0n) is 11.7. The second-order valence-electron chi connectivity index (χ2n) is 3.51. The van der Waals surface area contributed by atoms with Crippen molar-refractivity contribution in [3.05, 3.63) is 0 Å². The smallest absolute Gasteiger partial charge is 0.434 e. The monoisotopic (exact) mass is 280 g/mol. The van der Waals surface area contributed by atoms with E-state index in [0.717, 1.165) is 0 Å². The molecule has 0 radical (unpaired) electrons. The Morgan fingerprint density at radius 2 is 1.21 bits per heavy atom. The number of methoxy groups -OCH3 is 2. The van der Waals surface area contributed by atoms with E-state index in [2.05, 4.69) is 0 Å². The summed E-state index contributed by atoms with van der Waals surface area (Å²) < 4.78 is 29.5. The number of rotatable bonds is 13. The average molecular weight is 280 g/mol. The molecule has 0 fully saturated rings. The lowest BCUT2D eigenvalue weighted by atomic mass is 10.5. The Balaban J connectivity index is 3.13. The van der Waals surface area contributed by atoms with Gasteiger partial charge in [0.2, 0.25) is 0 Å². The normalized spacial score (nSPS) is 10.4. The van der Waals surface area contributed by atoms with E-state index in [9.17, 15) is 4.79 Å². The molecule has 0 amide bonds. The van der Waals surface area contributed by atoms with Crippen LogP contribution >= 0.6 is 0 Å². The lowest BCUT2D eigenvalue weighted by molar-refractivity contribution is 0.0108. The van der Waals surface area contributed by atoms with Gasteiger partial charge in [-0.3, -0.25) is 0 Å². The van der Waals surface area contributed by atoms with E-state index in [0.29, 0.717) is 46.1 Å². The zero-order valence-corrected chi connectivity index (χ0v) is 11.7. The topological polar surface area (TPSA) is 72.5 Å². The molecule has 7 heteroatoms. The Kier molecular flexibility index (Phi) is 14.5. The molecular formula is C12H24O7. The Bertz CT molecular complexity index is 199. The van der Waals surface area contributed by atoms with E-state index in [1.54, 1.807) is 14.2 Å². The maximum atomic E-state index is 11.1. The van der Waals surface area contributed by atoms with Crippen LogP contribution in [-0.2, 0) is 28.4 Å². The van der Waals surface area contributed by atoms with Crippen molar-refractivity contribution in [1.82, 2.24) is 0 Å². The van der Waals surface area contributed by atoms with Crippen molar-refractivity contribution in [2.75, 3.05) is 67.1 Å². The first kappa shape index (κ1) is 18.1. The van der Waals surface area contributed by atoms with Crippen LogP contribution in [0.5, 0.6) is 0 Å². The van der Waals surface area contributed by atoms with Crippen LogP contribution in [0.25, 0.3) is 0 Å². The van der Waals surface area contributed by atoms with Crippen LogP contribution < -0.4 is 0 Å². The molecule has 19 heavy (non-hydrogen) atoms. The van der Waals surface area contributed by atoms with Gasteiger partial charge in [-0.15, -0.1) is 0 Å². The summed E-state index contributed by atoms with van der Waals surface area (Å²) in [6.07, 6.45) is -0.0596. The summed E-state index contributed by atoms with van der Waals surface area (Å²) in [7, 11) is 3.21. The van der Waals surface area contributed by atoms with Crippen molar-refractivity contribution in [3.8, 4) is 0 Å². The van der Waals surface area contributed by atoms with Gasteiger partial charge >= 0.3 is 6.16 Å². The lowest BCUT2D eigenvalue weighted by Crippen LogP contribution is -2.14. The molecule has 0 saturated heterocycles. The molecule has 0 aliphatic heterocycles. The molecule has 0 aromatic heterocycles. The minimum Gasteiger partial charge on any atom is -0.434 e. The van der Waals surface area contributed by atoms with E-state index in [-0.39, 0.29) is 13.2 Å². The first-order chi connectivity index (χ1) is 9.31. The fourth-order valence-corrected chi connectivity index (χ4v) is 1.03. The molecule has 0 aliphatic carbocycles. The molecule has 0 aromatic rings. The zero-order chi connectivity index (χ0) is 14.2. The van der Waals surface area contributed by atoms with Crippen molar-refractivity contribution < 1.29 is 33.2 Å². The lowest BCUT2D eigenvalue weighted by Gasteiger charge is -2.07. The Hall–Kier alpha value is -0.890. The highest BCUT2D eigenvalue weighted by Gasteiger charge is 2.02. The van der Waals surface area contributed by atoms with Gasteiger partial charge < -0.3 is 28.4 Å². The van der Waals surface area contributed by atoms with Crippen LogP contribution in [0.3, 0.4) is 0 Å². The van der Waals surface area contributed by atoms with Gasteiger partial charge in [-0.25, -0.2) is 4.79 Å². The van der Waals surface area contributed by atoms with Gasteiger partial charge in [0, 0.05) is 27.2 Å². The fraction of sp³-hybridized carbons (Fsp3) is 0.917. The van der Waals surface area contributed by atoms with Crippen LogP contribution in [0, 0.1) is 0 Å². The molecule has 0 spiro atoms. The van der Waals surface area contributed by atoms with Crippen molar-refractivity contribution in [3.63, 3.8) is 0 Å². The molecule has 7 nitrogen and oxygen atoms in total. The summed E-state index contributed by atoms with van der Waals surface area (Å²) in [6, 6.07) is 0. The molecule has 0 aromatic carbocycles. The van der Waals surface area contributed by atoms with Crippen LogP contribution in [0.4, 0.5) is 4.79 Å². The van der Waals surface area contributed by atoms with Gasteiger partial charge in [-0.05, 0) is 0 Å². The summed E-state index contributed by atoms with van der Waals surface area (Å²) >= 11 is 0. The molecule has 0 saturated carbocycles. The number of carbonyl (C=O) groups is 1. The molecule has 0 heterocycles. The molecule has 114 valence electrons. The summed E-state index contributed by atoms with van der Waals surface area (Å²) in [5.41, 5.74) is 0. The maximum absolute atomic E-state index is 11.1. The summed E-state index contributed by atoms with van der Waals surface area (Å²) in [6.45, 7) is 3.41. The third-order valence-corrected chi connectivity index (χ3v) is 1.96. The van der Waals surface area contributed by atoms with Crippen molar-refractivity contribution in [1.29, 1.82) is 0 Å². The molecular weight excluding hydrogens is 256 g/mol. The van der Waals surface area contributed by atoms with Crippen LogP contribution in [-0.4, -0.2) is 73.2 Å². The van der Waals surface area contributed by atoms with Gasteiger partial charge in [-0.2, -0.15) is 0 Å². The van der Waals surface area contributed by atoms with E-state index >= 15 is 0 Å². The number of hydrogen-bond donors (Lipinski definition) is 0. The summed E-state index contributed by atoms with van der Waals surface area (Å²) in [5.74, 6) is 0. The third-order valence-electron chi connectivity index (χ3n) is 1.96. The first-order valence-corrected chi connectivity index (χ1v) is 6.24. The largest absolute Gasteiger partial charge is 0.508 e. The standard InChI is InChI=1S/C12H24O7/c1-14-6-8-16-4-3-5-18-12(13)19-11-10-17-9-7-15-2/h3-11H2,1-2H3. The van der Waals surface area contributed by atoms with Gasteiger partial charge in [-0.1, -0.05) is 0 Å². The second kappa shape index (κ2) is 15.2. The molecule has 0 atom stereocenters. The number of ether oxygens (including phenoxy) is 6. The number of hydrogen-bond acceptors (Lipinski definition) is 7. The molecule has 0 unspecified atom stereocenters. The Morgan fingerprint density at radius 3 is 1.84 bits per heavy atom. The number of carbonyl (C=O) groups excluding carboxylic acids is 1. The minimum atomic E-state index is -0.688. The van der Waals surface area contributed by atoms with Crippen molar-refractivity contribution in [2.45, 2.75) is 6.42 Å². The van der Waals surface area contributed by atoms with E-state index in [4.69, 9.17) is 28.4 Å². The Labute approximate surface area is 114 Å². The molecule has 0 bridgehead atoms. The molecule has 0 aliphatic rings. The molecule has 0 rings (SSSR count). The van der Waals surface area contributed by atoms with Crippen molar-refractivity contribution in [2.24, 2.45) is 0 Å². The quantitative estimate of drug-likeness (QED) is 0.366.